The van der Waals surface area contributed by atoms with Gasteiger partial charge in [0.25, 0.3) is 0 Å². The minimum Gasteiger partial charge on any atom is -0.439 e. The maximum Gasteiger partial charge on any atom is 0.223 e. The van der Waals surface area contributed by atoms with Gasteiger partial charge in [0.05, 0.1) is 4.90 Å². The molecule has 2 rings (SSSR count). The molecule has 0 spiro atoms. The molecule has 0 bridgehead atoms. The number of ether oxygens (including phenoxy) is 1. The van der Waals surface area contributed by atoms with E-state index in [1.165, 1.54) is 12.1 Å². The summed E-state index contributed by atoms with van der Waals surface area (Å²) in [5, 5.41) is 0. The summed E-state index contributed by atoms with van der Waals surface area (Å²) in [7, 11) is -3.20. The van der Waals surface area contributed by atoms with E-state index < -0.39 is 9.84 Å². The van der Waals surface area contributed by atoms with Crippen molar-refractivity contribution in [3.63, 3.8) is 0 Å². The first-order chi connectivity index (χ1) is 9.00. The Balaban J connectivity index is 2.25. The molecule has 0 aliphatic heterocycles. The lowest BCUT2D eigenvalue weighted by molar-refractivity contribution is 0.456. The summed E-state index contributed by atoms with van der Waals surface area (Å²) in [6.45, 7) is 0.324. The highest BCUT2D eigenvalue weighted by atomic mass is 32.2. The van der Waals surface area contributed by atoms with Crippen molar-refractivity contribution < 1.29 is 13.2 Å². The minimum absolute atomic E-state index is 0.250. The second-order valence-electron chi connectivity index (χ2n) is 4.02. The molecule has 2 N–H and O–H groups in total. The molecule has 1 aromatic carbocycles. The van der Waals surface area contributed by atoms with E-state index >= 15 is 0 Å². The summed E-state index contributed by atoms with van der Waals surface area (Å²) in [6.07, 6.45) is 2.77. The van der Waals surface area contributed by atoms with E-state index in [4.69, 9.17) is 10.5 Å². The molecule has 19 heavy (non-hydrogen) atoms. The molecule has 0 fully saturated rings. The quantitative estimate of drug-likeness (QED) is 0.921. The first-order valence-corrected chi connectivity index (χ1v) is 7.52. The third-order valence-electron chi connectivity index (χ3n) is 2.54. The normalized spacial score (nSPS) is 11.3. The summed E-state index contributed by atoms with van der Waals surface area (Å²) in [5.74, 6) is 0.943. The van der Waals surface area contributed by atoms with E-state index in [2.05, 4.69) is 4.98 Å². The molecule has 0 saturated carbocycles. The molecule has 0 saturated heterocycles. The molecule has 6 heteroatoms. The Morgan fingerprint density at radius 1 is 1.21 bits per heavy atom. The SMILES string of the molecule is CS(=O)(=O)c1ccc(Oc2ncccc2CN)cc1. The van der Waals surface area contributed by atoms with Crippen LogP contribution < -0.4 is 10.5 Å². The number of sulfone groups is 1. The van der Waals surface area contributed by atoms with Crippen molar-refractivity contribution in [1.82, 2.24) is 4.98 Å². The number of hydrogen-bond donors (Lipinski definition) is 1. The Labute approximate surface area is 112 Å². The third-order valence-corrected chi connectivity index (χ3v) is 3.66. The Kier molecular flexibility index (Phi) is 3.82. The van der Waals surface area contributed by atoms with Gasteiger partial charge < -0.3 is 10.5 Å². The van der Waals surface area contributed by atoms with E-state index in [1.54, 1.807) is 24.4 Å². The van der Waals surface area contributed by atoms with Crippen molar-refractivity contribution in [3.8, 4) is 11.6 Å². The Morgan fingerprint density at radius 3 is 2.47 bits per heavy atom. The number of benzene rings is 1. The van der Waals surface area contributed by atoms with E-state index in [-0.39, 0.29) is 4.90 Å². The number of aromatic nitrogens is 1. The lowest BCUT2D eigenvalue weighted by Crippen LogP contribution is -2.01. The fraction of sp³-hybridized carbons (Fsp3) is 0.154. The molecule has 100 valence electrons. The molecule has 0 radical (unpaired) electrons. The van der Waals surface area contributed by atoms with Crippen molar-refractivity contribution in [2.24, 2.45) is 5.73 Å². The first kappa shape index (κ1) is 13.5. The zero-order chi connectivity index (χ0) is 13.9. The molecular formula is C13H14N2O3S. The summed E-state index contributed by atoms with van der Waals surface area (Å²) in [5.41, 5.74) is 6.37. The monoisotopic (exact) mass is 278 g/mol. The molecule has 5 nitrogen and oxygen atoms in total. The van der Waals surface area contributed by atoms with Crippen LogP contribution in [-0.4, -0.2) is 19.7 Å². The molecular weight excluding hydrogens is 264 g/mol. The van der Waals surface area contributed by atoms with Crippen molar-refractivity contribution in [3.05, 3.63) is 48.2 Å². The van der Waals surface area contributed by atoms with Crippen LogP contribution in [0.1, 0.15) is 5.56 Å². The van der Waals surface area contributed by atoms with Gasteiger partial charge in [-0.3, -0.25) is 0 Å². The van der Waals surface area contributed by atoms with Crippen molar-refractivity contribution in [2.45, 2.75) is 11.4 Å². The van der Waals surface area contributed by atoms with Gasteiger partial charge in [-0.05, 0) is 30.3 Å². The van der Waals surface area contributed by atoms with Crippen LogP contribution in [0.2, 0.25) is 0 Å². The van der Waals surface area contributed by atoms with Crippen molar-refractivity contribution >= 4 is 9.84 Å². The van der Waals surface area contributed by atoms with Gasteiger partial charge in [0.2, 0.25) is 5.88 Å². The van der Waals surface area contributed by atoms with E-state index in [0.29, 0.717) is 18.2 Å². The Morgan fingerprint density at radius 2 is 1.89 bits per heavy atom. The van der Waals surface area contributed by atoms with Crippen LogP contribution in [0.25, 0.3) is 0 Å². The second-order valence-corrected chi connectivity index (χ2v) is 6.03. The summed E-state index contributed by atoms with van der Waals surface area (Å²) in [6, 6.07) is 9.77. The smallest absolute Gasteiger partial charge is 0.223 e. The Bertz CT molecular complexity index is 667. The van der Waals surface area contributed by atoms with Crippen LogP contribution in [-0.2, 0) is 16.4 Å². The average molecular weight is 278 g/mol. The fourth-order valence-electron chi connectivity index (χ4n) is 1.54. The van der Waals surface area contributed by atoms with Gasteiger partial charge in [-0.15, -0.1) is 0 Å². The highest BCUT2D eigenvalue weighted by molar-refractivity contribution is 7.90. The van der Waals surface area contributed by atoms with E-state index in [9.17, 15) is 8.42 Å². The summed E-state index contributed by atoms with van der Waals surface area (Å²) in [4.78, 5) is 4.35. The lowest BCUT2D eigenvalue weighted by atomic mass is 10.3. The fourth-order valence-corrected chi connectivity index (χ4v) is 2.17. The third kappa shape index (κ3) is 3.30. The molecule has 1 heterocycles. The number of rotatable bonds is 4. The molecule has 0 atom stereocenters. The summed E-state index contributed by atoms with van der Waals surface area (Å²) < 4.78 is 28.2. The number of hydrogen-bond acceptors (Lipinski definition) is 5. The van der Waals surface area contributed by atoms with Gasteiger partial charge >= 0.3 is 0 Å². The molecule has 2 aromatic rings. The molecule has 0 unspecified atom stereocenters. The molecule has 0 aliphatic carbocycles. The minimum atomic E-state index is -3.20. The number of pyridine rings is 1. The van der Waals surface area contributed by atoms with Gasteiger partial charge in [0, 0.05) is 24.6 Å². The molecule has 1 aromatic heterocycles. The molecule has 0 amide bonds. The standard InChI is InChI=1S/C13H14N2O3S/c1-19(16,17)12-6-4-11(5-7-12)18-13-10(9-14)3-2-8-15-13/h2-8H,9,14H2,1H3. The maximum atomic E-state index is 11.3. The number of nitrogens with zero attached hydrogens (tertiary/aromatic N) is 1. The van der Waals surface area contributed by atoms with Crippen LogP contribution in [0.15, 0.2) is 47.5 Å². The Hall–Kier alpha value is -1.92. The van der Waals surface area contributed by atoms with E-state index in [1.807, 2.05) is 6.07 Å². The van der Waals surface area contributed by atoms with Crippen molar-refractivity contribution in [2.75, 3.05) is 6.26 Å². The van der Waals surface area contributed by atoms with Crippen LogP contribution in [0.3, 0.4) is 0 Å². The predicted octanol–water partition coefficient (Wildman–Crippen LogP) is 1.74. The molecule has 0 aliphatic rings. The topological polar surface area (TPSA) is 82.3 Å². The first-order valence-electron chi connectivity index (χ1n) is 5.62. The predicted molar refractivity (Wildman–Crippen MR) is 71.8 cm³/mol. The van der Waals surface area contributed by atoms with E-state index in [0.717, 1.165) is 11.8 Å². The van der Waals surface area contributed by atoms with Crippen LogP contribution in [0.5, 0.6) is 11.6 Å². The van der Waals surface area contributed by atoms with Crippen LogP contribution in [0, 0.1) is 0 Å². The lowest BCUT2D eigenvalue weighted by Gasteiger charge is -2.08. The highest BCUT2D eigenvalue weighted by Gasteiger charge is 2.08. The zero-order valence-electron chi connectivity index (χ0n) is 10.4. The van der Waals surface area contributed by atoms with Gasteiger partial charge in [-0.25, -0.2) is 13.4 Å². The summed E-state index contributed by atoms with van der Waals surface area (Å²) >= 11 is 0. The average Bonchev–Trinajstić information content (AvgIpc) is 2.39. The van der Waals surface area contributed by atoms with Gasteiger partial charge in [0.15, 0.2) is 9.84 Å². The van der Waals surface area contributed by atoms with Crippen molar-refractivity contribution in [1.29, 1.82) is 0 Å². The largest absolute Gasteiger partial charge is 0.439 e. The maximum absolute atomic E-state index is 11.3. The van der Waals surface area contributed by atoms with Gasteiger partial charge in [-0.1, -0.05) is 6.07 Å². The van der Waals surface area contributed by atoms with Gasteiger partial charge in [-0.2, -0.15) is 0 Å². The zero-order valence-corrected chi connectivity index (χ0v) is 11.2. The number of nitrogens with two attached hydrogens (primary N) is 1. The highest BCUT2D eigenvalue weighted by Crippen LogP contribution is 2.23. The second kappa shape index (κ2) is 5.38. The van der Waals surface area contributed by atoms with Crippen LogP contribution >= 0.6 is 0 Å². The van der Waals surface area contributed by atoms with Crippen LogP contribution in [0.4, 0.5) is 0 Å². The van der Waals surface area contributed by atoms with Gasteiger partial charge in [0.1, 0.15) is 5.75 Å².